The summed E-state index contributed by atoms with van der Waals surface area (Å²) in [4.78, 5) is 40.6. The Morgan fingerprint density at radius 2 is 1.69 bits per heavy atom. The number of rotatable bonds is 6. The number of hydrogen-bond donors (Lipinski definition) is 2. The van der Waals surface area contributed by atoms with E-state index in [1.54, 1.807) is 38.3 Å². The Bertz CT molecular complexity index is 931. The highest BCUT2D eigenvalue weighted by Crippen LogP contribution is 2.20. The van der Waals surface area contributed by atoms with E-state index < -0.39 is 18.6 Å². The van der Waals surface area contributed by atoms with Crippen LogP contribution in [-0.2, 0) is 6.54 Å². The molecule has 0 fully saturated rings. The molecule has 0 radical (unpaired) electrons. The number of H-pyrrole nitrogens is 1. The zero-order valence-corrected chi connectivity index (χ0v) is 16.5. The number of halogens is 3. The van der Waals surface area contributed by atoms with Crippen LogP contribution in [0.5, 0.6) is 0 Å². The van der Waals surface area contributed by atoms with Gasteiger partial charge in [-0.25, -0.2) is 0 Å². The summed E-state index contributed by atoms with van der Waals surface area (Å²) in [5, 5.41) is 1.80. The van der Waals surface area contributed by atoms with Crippen molar-refractivity contribution in [3.8, 4) is 0 Å². The summed E-state index contributed by atoms with van der Waals surface area (Å²) in [7, 11) is 1.59. The molecule has 6 nitrogen and oxygen atoms in total. The van der Waals surface area contributed by atoms with Gasteiger partial charge in [0.25, 0.3) is 11.8 Å². The number of nitrogens with zero attached hydrogens (tertiary/aromatic N) is 1. The fourth-order valence-corrected chi connectivity index (χ4v) is 3.07. The Hall–Kier alpha value is -3.10. The highest BCUT2D eigenvalue weighted by Gasteiger charge is 2.28. The minimum atomic E-state index is -4.48. The Morgan fingerprint density at radius 1 is 1.10 bits per heavy atom. The fourth-order valence-electron chi connectivity index (χ4n) is 3.07. The average molecular weight is 409 g/mol. The van der Waals surface area contributed by atoms with E-state index in [0.717, 1.165) is 0 Å². The van der Waals surface area contributed by atoms with Crippen molar-refractivity contribution in [1.82, 2.24) is 15.2 Å². The first-order valence-electron chi connectivity index (χ1n) is 8.80. The van der Waals surface area contributed by atoms with Gasteiger partial charge in [0.2, 0.25) is 0 Å². The Kier molecular flexibility index (Phi) is 6.51. The third-order valence-electron chi connectivity index (χ3n) is 4.44. The highest BCUT2D eigenvalue weighted by molar-refractivity contribution is 6.02. The second-order valence-electron chi connectivity index (χ2n) is 6.84. The van der Waals surface area contributed by atoms with E-state index in [4.69, 9.17) is 0 Å². The van der Waals surface area contributed by atoms with Crippen molar-refractivity contribution in [1.29, 1.82) is 0 Å². The highest BCUT2D eigenvalue weighted by atomic mass is 19.4. The van der Waals surface area contributed by atoms with E-state index in [1.165, 1.54) is 24.0 Å². The molecule has 2 aromatic rings. The first-order valence-corrected chi connectivity index (χ1v) is 8.80. The van der Waals surface area contributed by atoms with E-state index in [0.29, 0.717) is 28.1 Å². The van der Waals surface area contributed by atoms with Crippen LogP contribution in [0.15, 0.2) is 24.3 Å². The Labute approximate surface area is 166 Å². The number of Topliss-reactive ketones (excluding diaryl/α,β-unsaturated/α-hetero) is 1. The van der Waals surface area contributed by atoms with Crippen LogP contribution in [0.1, 0.15) is 54.9 Å². The molecule has 0 spiro atoms. The molecule has 0 bridgehead atoms. The lowest BCUT2D eigenvalue weighted by Crippen LogP contribution is -2.33. The van der Waals surface area contributed by atoms with Gasteiger partial charge in [-0.15, -0.1) is 0 Å². The molecule has 1 aromatic heterocycles. The lowest BCUT2D eigenvalue weighted by atomic mass is 10.1. The Morgan fingerprint density at radius 3 is 2.17 bits per heavy atom. The minimum Gasteiger partial charge on any atom is -0.354 e. The number of aromatic nitrogens is 1. The van der Waals surface area contributed by atoms with Gasteiger partial charge in [0.1, 0.15) is 12.2 Å². The van der Waals surface area contributed by atoms with Crippen molar-refractivity contribution >= 4 is 17.6 Å². The average Bonchev–Trinajstić information content (AvgIpc) is 2.93. The van der Waals surface area contributed by atoms with Crippen molar-refractivity contribution in [3.63, 3.8) is 0 Å². The van der Waals surface area contributed by atoms with Crippen LogP contribution >= 0.6 is 0 Å². The van der Waals surface area contributed by atoms with Crippen LogP contribution < -0.4 is 5.32 Å². The monoisotopic (exact) mass is 409 g/mol. The van der Waals surface area contributed by atoms with Gasteiger partial charge < -0.3 is 15.2 Å². The summed E-state index contributed by atoms with van der Waals surface area (Å²) < 4.78 is 36.5. The zero-order chi connectivity index (χ0) is 21.9. The summed E-state index contributed by atoms with van der Waals surface area (Å²) in [6.45, 7) is 3.68. The number of benzene rings is 1. The number of carbonyl (C=O) groups excluding carboxylic acids is 3. The number of amides is 2. The molecule has 0 unspecified atom stereocenters. The fraction of sp³-hybridized carbons (Fsp3) is 0.350. The number of hydrogen-bond acceptors (Lipinski definition) is 3. The Balaban J connectivity index is 2.07. The number of nitrogens with one attached hydrogen (secondary N) is 2. The topological polar surface area (TPSA) is 82.3 Å². The predicted molar refractivity (Wildman–Crippen MR) is 101 cm³/mol. The third kappa shape index (κ3) is 5.46. The molecule has 156 valence electrons. The van der Waals surface area contributed by atoms with Gasteiger partial charge in [-0.3, -0.25) is 14.4 Å². The summed E-state index contributed by atoms with van der Waals surface area (Å²) in [5.41, 5.74) is 2.83. The second-order valence-corrected chi connectivity index (χ2v) is 6.84. The van der Waals surface area contributed by atoms with E-state index in [9.17, 15) is 27.6 Å². The van der Waals surface area contributed by atoms with Crippen molar-refractivity contribution in [2.24, 2.45) is 0 Å². The molecular weight excluding hydrogens is 387 g/mol. The summed E-state index contributed by atoms with van der Waals surface area (Å²) in [6, 6.07) is 5.94. The van der Waals surface area contributed by atoms with Crippen LogP contribution in [0.3, 0.4) is 0 Å². The molecule has 2 N–H and O–H groups in total. The molecule has 9 heteroatoms. The van der Waals surface area contributed by atoms with Crippen molar-refractivity contribution in [2.45, 2.75) is 33.5 Å². The van der Waals surface area contributed by atoms with Gasteiger partial charge in [-0.1, -0.05) is 12.1 Å². The normalized spacial score (nSPS) is 11.3. The summed E-state index contributed by atoms with van der Waals surface area (Å²) in [6.07, 6.45) is -4.48. The van der Waals surface area contributed by atoms with Gasteiger partial charge in [0.05, 0.1) is 0 Å². The van der Waals surface area contributed by atoms with Gasteiger partial charge in [0, 0.05) is 30.4 Å². The lowest BCUT2D eigenvalue weighted by molar-refractivity contribution is -0.123. The van der Waals surface area contributed by atoms with E-state index >= 15 is 0 Å². The van der Waals surface area contributed by atoms with E-state index in [-0.39, 0.29) is 23.8 Å². The van der Waals surface area contributed by atoms with Crippen molar-refractivity contribution in [3.05, 3.63) is 57.9 Å². The first kappa shape index (κ1) is 22.2. The maximum absolute atomic E-state index is 12.7. The van der Waals surface area contributed by atoms with Crippen LogP contribution in [0.2, 0.25) is 0 Å². The predicted octanol–water partition coefficient (Wildman–Crippen LogP) is 3.40. The van der Waals surface area contributed by atoms with Crippen LogP contribution in [0, 0.1) is 13.8 Å². The third-order valence-corrected chi connectivity index (χ3v) is 4.44. The van der Waals surface area contributed by atoms with Crippen LogP contribution in [0.25, 0.3) is 0 Å². The molecule has 2 amide bonds. The van der Waals surface area contributed by atoms with E-state index in [1.807, 2.05) is 0 Å². The minimum absolute atomic E-state index is 0.0916. The van der Waals surface area contributed by atoms with Gasteiger partial charge in [-0.2, -0.15) is 13.2 Å². The molecule has 0 saturated carbocycles. The standard InChI is InChI=1S/C20H22F3N3O3/c1-11-16(13(3)27)12(2)25-17(11)19(29)26(4)9-14-5-7-15(8-6-14)18(28)24-10-20(21,22)23/h5-8,25H,9-10H2,1-4H3,(H,24,28). The molecule has 0 aliphatic rings. The summed E-state index contributed by atoms with van der Waals surface area (Å²) in [5.74, 6) is -1.25. The molecule has 0 aliphatic heterocycles. The maximum atomic E-state index is 12.7. The number of aromatic amines is 1. The zero-order valence-electron chi connectivity index (χ0n) is 16.5. The number of carbonyl (C=O) groups is 3. The molecule has 0 aliphatic carbocycles. The molecule has 1 aromatic carbocycles. The molecule has 29 heavy (non-hydrogen) atoms. The molecular formula is C20H22F3N3O3. The van der Waals surface area contributed by atoms with Gasteiger partial charge in [-0.05, 0) is 44.0 Å². The maximum Gasteiger partial charge on any atom is 0.405 e. The van der Waals surface area contributed by atoms with E-state index in [2.05, 4.69) is 4.98 Å². The smallest absolute Gasteiger partial charge is 0.354 e. The second kappa shape index (κ2) is 8.50. The van der Waals surface area contributed by atoms with Crippen molar-refractivity contribution in [2.75, 3.05) is 13.6 Å². The number of ketones is 1. The van der Waals surface area contributed by atoms with Gasteiger partial charge >= 0.3 is 6.18 Å². The quantitative estimate of drug-likeness (QED) is 0.718. The number of alkyl halides is 3. The number of aryl methyl sites for hydroxylation is 1. The lowest BCUT2D eigenvalue weighted by Gasteiger charge is -2.17. The van der Waals surface area contributed by atoms with Crippen LogP contribution in [0.4, 0.5) is 13.2 Å². The molecule has 0 saturated heterocycles. The molecule has 0 atom stereocenters. The largest absolute Gasteiger partial charge is 0.405 e. The first-order chi connectivity index (χ1) is 13.4. The SMILES string of the molecule is CC(=O)c1c(C)[nH]c(C(=O)N(C)Cc2ccc(C(=O)NCC(F)(F)F)cc2)c1C. The molecule has 2 rings (SSSR count). The van der Waals surface area contributed by atoms with Crippen molar-refractivity contribution < 1.29 is 27.6 Å². The molecule has 1 heterocycles. The van der Waals surface area contributed by atoms with Gasteiger partial charge in [0.15, 0.2) is 5.78 Å². The van der Waals surface area contributed by atoms with Crippen LogP contribution in [-0.4, -0.2) is 47.3 Å². The summed E-state index contributed by atoms with van der Waals surface area (Å²) >= 11 is 0.